The third-order valence-electron chi connectivity index (χ3n) is 3.75. The Morgan fingerprint density at radius 1 is 0.909 bits per heavy atom. The van der Waals surface area contributed by atoms with Crippen molar-refractivity contribution in [3.05, 3.63) is 77.7 Å². The first-order valence-corrected chi connectivity index (χ1v) is 7.12. The number of hydrogen-bond donors (Lipinski definition) is 0. The number of halogens is 1. The second-order valence-corrected chi connectivity index (χ2v) is 5.31. The van der Waals surface area contributed by atoms with Gasteiger partial charge in [0.05, 0.1) is 5.69 Å². The van der Waals surface area contributed by atoms with Gasteiger partial charge >= 0.3 is 0 Å². The lowest BCUT2D eigenvalue weighted by atomic mass is 10.1. The molecule has 0 aliphatic carbocycles. The van der Waals surface area contributed by atoms with E-state index in [1.165, 1.54) is 12.1 Å². The Labute approximate surface area is 128 Å². The van der Waals surface area contributed by atoms with Crippen LogP contribution < -0.4 is 0 Å². The molecule has 0 aliphatic heterocycles. The Hall–Kier alpha value is -2.68. The van der Waals surface area contributed by atoms with E-state index in [0.717, 1.165) is 22.6 Å². The minimum atomic E-state index is -0.246. The highest BCUT2D eigenvalue weighted by Gasteiger charge is 2.10. The average molecular weight is 293 g/mol. The van der Waals surface area contributed by atoms with Crippen LogP contribution >= 0.6 is 0 Å². The molecule has 0 fully saturated rings. The summed E-state index contributed by atoms with van der Waals surface area (Å²) in [4.78, 5) is 11.4. The number of carbonyl (C=O) groups excluding carboxylic acids is 1. The van der Waals surface area contributed by atoms with Crippen LogP contribution in [0, 0.1) is 12.7 Å². The summed E-state index contributed by atoms with van der Waals surface area (Å²) in [6.45, 7) is 3.58. The molecule has 0 unspecified atom stereocenters. The smallest absolute Gasteiger partial charge is 0.159 e. The van der Waals surface area contributed by atoms with Crippen LogP contribution in [0.5, 0.6) is 0 Å². The van der Waals surface area contributed by atoms with Gasteiger partial charge in [0, 0.05) is 16.9 Å². The fourth-order valence-electron chi connectivity index (χ4n) is 2.57. The molecule has 0 radical (unpaired) electrons. The number of Topliss-reactive ketones (excluding diaryl/α,β-unsaturated/α-hetero) is 1. The van der Waals surface area contributed by atoms with Crippen molar-refractivity contribution in [2.45, 2.75) is 13.8 Å². The van der Waals surface area contributed by atoms with Crippen LogP contribution in [0.15, 0.2) is 60.7 Å². The normalized spacial score (nSPS) is 10.7. The molecule has 1 heterocycles. The maximum atomic E-state index is 13.1. The molecule has 110 valence electrons. The quantitative estimate of drug-likeness (QED) is 0.636. The van der Waals surface area contributed by atoms with Gasteiger partial charge in [-0.1, -0.05) is 0 Å². The number of rotatable bonds is 3. The SMILES string of the molecule is CC(=O)c1ccc(-n2c(C)ccc2-c2ccc(F)cc2)cc1. The van der Waals surface area contributed by atoms with E-state index in [9.17, 15) is 9.18 Å². The first-order chi connectivity index (χ1) is 10.6. The average Bonchev–Trinajstić information content (AvgIpc) is 2.90. The Morgan fingerprint density at radius 3 is 2.14 bits per heavy atom. The lowest BCUT2D eigenvalue weighted by Gasteiger charge is -2.12. The van der Waals surface area contributed by atoms with Crippen molar-refractivity contribution < 1.29 is 9.18 Å². The molecule has 0 aliphatic rings. The lowest BCUT2D eigenvalue weighted by Crippen LogP contribution is -2.00. The molecule has 2 nitrogen and oxygen atoms in total. The minimum Gasteiger partial charge on any atom is -0.314 e. The van der Waals surface area contributed by atoms with Gasteiger partial charge in [0.1, 0.15) is 5.82 Å². The number of carbonyl (C=O) groups is 1. The van der Waals surface area contributed by atoms with Gasteiger partial charge < -0.3 is 4.57 Å². The highest BCUT2D eigenvalue weighted by Crippen LogP contribution is 2.26. The summed E-state index contributed by atoms with van der Waals surface area (Å²) >= 11 is 0. The van der Waals surface area contributed by atoms with Gasteiger partial charge in [-0.25, -0.2) is 4.39 Å². The number of benzene rings is 2. The molecule has 1 aromatic heterocycles. The monoisotopic (exact) mass is 293 g/mol. The van der Waals surface area contributed by atoms with Crippen molar-refractivity contribution in [1.29, 1.82) is 0 Å². The summed E-state index contributed by atoms with van der Waals surface area (Å²) in [6, 6.07) is 18.0. The fraction of sp³-hybridized carbons (Fsp3) is 0.105. The van der Waals surface area contributed by atoms with Crippen LogP contribution in [0.25, 0.3) is 16.9 Å². The number of hydrogen-bond acceptors (Lipinski definition) is 1. The molecule has 0 saturated heterocycles. The topological polar surface area (TPSA) is 22.0 Å². The van der Waals surface area contributed by atoms with E-state index in [-0.39, 0.29) is 11.6 Å². The molecule has 22 heavy (non-hydrogen) atoms. The van der Waals surface area contributed by atoms with Gasteiger partial charge in [-0.05, 0) is 80.1 Å². The summed E-state index contributed by atoms with van der Waals surface area (Å²) in [6.07, 6.45) is 0. The van der Waals surface area contributed by atoms with Gasteiger partial charge in [-0.3, -0.25) is 4.79 Å². The summed E-state index contributed by atoms with van der Waals surface area (Å²) in [7, 11) is 0. The molecule has 0 N–H and O–H groups in total. The zero-order chi connectivity index (χ0) is 15.7. The molecule has 3 rings (SSSR count). The third kappa shape index (κ3) is 2.58. The van der Waals surface area contributed by atoms with Gasteiger partial charge in [0.2, 0.25) is 0 Å². The number of aryl methyl sites for hydroxylation is 1. The van der Waals surface area contributed by atoms with E-state index in [2.05, 4.69) is 4.57 Å². The standard InChI is InChI=1S/C19H16FNO/c1-13-3-12-19(16-4-8-17(20)9-5-16)21(13)18-10-6-15(7-11-18)14(2)22/h3-12H,1-2H3. The predicted molar refractivity (Wildman–Crippen MR) is 85.9 cm³/mol. The Morgan fingerprint density at radius 2 is 1.55 bits per heavy atom. The maximum absolute atomic E-state index is 13.1. The maximum Gasteiger partial charge on any atom is 0.159 e. The molecular formula is C19H16FNO. The van der Waals surface area contributed by atoms with E-state index in [1.54, 1.807) is 19.1 Å². The fourth-order valence-corrected chi connectivity index (χ4v) is 2.57. The molecule has 3 heteroatoms. The molecule has 3 aromatic rings. The molecule has 0 saturated carbocycles. The largest absolute Gasteiger partial charge is 0.314 e. The second-order valence-electron chi connectivity index (χ2n) is 5.31. The van der Waals surface area contributed by atoms with Crippen LogP contribution in [0.3, 0.4) is 0 Å². The Balaban J connectivity index is 2.09. The molecule has 0 amide bonds. The number of ketones is 1. The number of nitrogens with zero attached hydrogens (tertiary/aromatic N) is 1. The van der Waals surface area contributed by atoms with Crippen LogP contribution in [0.4, 0.5) is 4.39 Å². The van der Waals surface area contributed by atoms with Crippen LogP contribution in [0.1, 0.15) is 23.0 Å². The first-order valence-electron chi connectivity index (χ1n) is 7.12. The van der Waals surface area contributed by atoms with Crippen molar-refractivity contribution >= 4 is 5.78 Å². The van der Waals surface area contributed by atoms with Crippen LogP contribution in [-0.2, 0) is 0 Å². The summed E-state index contributed by atoms with van der Waals surface area (Å²) in [5, 5.41) is 0. The highest BCUT2D eigenvalue weighted by atomic mass is 19.1. The van der Waals surface area contributed by atoms with Crippen LogP contribution in [0.2, 0.25) is 0 Å². The summed E-state index contributed by atoms with van der Waals surface area (Å²) in [5.41, 5.74) is 4.69. The van der Waals surface area contributed by atoms with Gasteiger partial charge in [0.25, 0.3) is 0 Å². The molecule has 0 bridgehead atoms. The lowest BCUT2D eigenvalue weighted by molar-refractivity contribution is 0.101. The predicted octanol–water partition coefficient (Wildman–Crippen LogP) is 4.79. The second kappa shape index (κ2) is 5.60. The molecule has 0 spiro atoms. The Kier molecular flexibility index (Phi) is 3.63. The van der Waals surface area contributed by atoms with E-state index in [0.29, 0.717) is 5.56 Å². The highest BCUT2D eigenvalue weighted by molar-refractivity contribution is 5.94. The number of aromatic nitrogens is 1. The van der Waals surface area contributed by atoms with Crippen molar-refractivity contribution in [3.63, 3.8) is 0 Å². The van der Waals surface area contributed by atoms with Crippen molar-refractivity contribution in [2.75, 3.05) is 0 Å². The van der Waals surface area contributed by atoms with Crippen LogP contribution in [-0.4, -0.2) is 10.4 Å². The van der Waals surface area contributed by atoms with Gasteiger partial charge in [0.15, 0.2) is 5.78 Å². The van der Waals surface area contributed by atoms with Gasteiger partial charge in [-0.15, -0.1) is 0 Å². The zero-order valence-electron chi connectivity index (χ0n) is 12.5. The van der Waals surface area contributed by atoms with E-state index in [1.807, 2.05) is 43.3 Å². The minimum absolute atomic E-state index is 0.0505. The Bertz CT molecular complexity index is 814. The van der Waals surface area contributed by atoms with Crippen molar-refractivity contribution in [2.24, 2.45) is 0 Å². The van der Waals surface area contributed by atoms with E-state index < -0.39 is 0 Å². The molecule has 0 atom stereocenters. The third-order valence-corrected chi connectivity index (χ3v) is 3.75. The summed E-state index contributed by atoms with van der Waals surface area (Å²) < 4.78 is 15.2. The van der Waals surface area contributed by atoms with Crippen molar-refractivity contribution in [1.82, 2.24) is 4.57 Å². The molecular weight excluding hydrogens is 277 g/mol. The first kappa shape index (κ1) is 14.3. The van der Waals surface area contributed by atoms with E-state index >= 15 is 0 Å². The van der Waals surface area contributed by atoms with Crippen molar-refractivity contribution in [3.8, 4) is 16.9 Å². The van der Waals surface area contributed by atoms with E-state index in [4.69, 9.17) is 0 Å². The molecule has 2 aromatic carbocycles. The summed E-state index contributed by atoms with van der Waals surface area (Å²) in [5.74, 6) is -0.195. The zero-order valence-corrected chi connectivity index (χ0v) is 12.5. The van der Waals surface area contributed by atoms with Gasteiger partial charge in [-0.2, -0.15) is 0 Å².